The van der Waals surface area contributed by atoms with E-state index in [2.05, 4.69) is 36.9 Å². The highest BCUT2D eigenvalue weighted by atomic mass is 79.9. The van der Waals surface area contributed by atoms with E-state index in [1.807, 2.05) is 6.92 Å². The SMILES string of the molecule is CC(COOOCCCBr)OCCCBr. The predicted molar refractivity (Wildman–Crippen MR) is 65.2 cm³/mol. The summed E-state index contributed by atoms with van der Waals surface area (Å²) in [4.78, 5) is 9.53. The average molecular weight is 350 g/mol. The number of rotatable bonds is 11. The first-order valence-corrected chi connectivity index (χ1v) is 7.20. The van der Waals surface area contributed by atoms with Crippen LogP contribution < -0.4 is 0 Å². The van der Waals surface area contributed by atoms with Crippen molar-refractivity contribution in [2.75, 3.05) is 30.5 Å². The molecule has 6 heteroatoms. The van der Waals surface area contributed by atoms with Crippen LogP contribution in [0.3, 0.4) is 0 Å². The minimum Gasteiger partial charge on any atom is -0.376 e. The van der Waals surface area contributed by atoms with Crippen molar-refractivity contribution in [1.82, 2.24) is 0 Å². The van der Waals surface area contributed by atoms with Crippen LogP contribution in [0.5, 0.6) is 0 Å². The van der Waals surface area contributed by atoms with Gasteiger partial charge in [-0.3, -0.25) is 0 Å². The first kappa shape index (κ1) is 15.8. The van der Waals surface area contributed by atoms with Gasteiger partial charge in [0.2, 0.25) is 0 Å². The van der Waals surface area contributed by atoms with Gasteiger partial charge in [-0.15, -0.1) is 0 Å². The van der Waals surface area contributed by atoms with Crippen LogP contribution in [0.15, 0.2) is 0 Å². The second-order valence-electron chi connectivity index (χ2n) is 2.94. The largest absolute Gasteiger partial charge is 0.376 e. The van der Waals surface area contributed by atoms with Crippen LogP contribution in [-0.4, -0.2) is 36.6 Å². The summed E-state index contributed by atoms with van der Waals surface area (Å²) in [5, 5.41) is 6.34. The van der Waals surface area contributed by atoms with Crippen LogP contribution in [0.2, 0.25) is 0 Å². The lowest BCUT2D eigenvalue weighted by Crippen LogP contribution is -2.17. The Labute approximate surface area is 108 Å². The molecule has 0 aliphatic carbocycles. The molecule has 15 heavy (non-hydrogen) atoms. The van der Waals surface area contributed by atoms with Crippen molar-refractivity contribution < 1.29 is 19.6 Å². The molecule has 0 aromatic rings. The van der Waals surface area contributed by atoms with Gasteiger partial charge in [0.1, 0.15) is 6.61 Å². The number of hydrogen-bond acceptors (Lipinski definition) is 4. The van der Waals surface area contributed by atoms with Crippen molar-refractivity contribution in [2.24, 2.45) is 0 Å². The van der Waals surface area contributed by atoms with E-state index in [1.54, 1.807) is 0 Å². The molecule has 0 aliphatic rings. The molecule has 92 valence electrons. The molecule has 0 spiro atoms. The highest BCUT2D eigenvalue weighted by Crippen LogP contribution is 1.97. The van der Waals surface area contributed by atoms with Crippen LogP contribution in [0.25, 0.3) is 0 Å². The van der Waals surface area contributed by atoms with Crippen molar-refractivity contribution in [1.29, 1.82) is 0 Å². The van der Waals surface area contributed by atoms with E-state index in [4.69, 9.17) is 14.5 Å². The minimum atomic E-state index is 0.0174. The van der Waals surface area contributed by atoms with Crippen LogP contribution in [0.1, 0.15) is 19.8 Å². The van der Waals surface area contributed by atoms with E-state index in [0.717, 1.165) is 30.1 Å². The maximum absolute atomic E-state index is 5.41. The van der Waals surface area contributed by atoms with Crippen molar-refractivity contribution in [3.8, 4) is 0 Å². The van der Waals surface area contributed by atoms with E-state index in [1.165, 1.54) is 0 Å². The standard InChI is InChI=1S/C9H18Br2O4/c1-9(12-6-2-4-10)8-14-15-13-7-3-5-11/h9H,2-8H2,1H3. The summed E-state index contributed by atoms with van der Waals surface area (Å²) in [6.07, 6.45) is 1.90. The van der Waals surface area contributed by atoms with E-state index < -0.39 is 0 Å². The number of ether oxygens (including phenoxy) is 1. The third kappa shape index (κ3) is 12.7. The summed E-state index contributed by atoms with van der Waals surface area (Å²) < 4.78 is 5.41. The predicted octanol–water partition coefficient (Wildman–Crippen LogP) is 2.84. The summed E-state index contributed by atoms with van der Waals surface area (Å²) in [7, 11) is 0. The fraction of sp³-hybridized carbons (Fsp3) is 1.00. The van der Waals surface area contributed by atoms with Crippen molar-refractivity contribution in [2.45, 2.75) is 25.9 Å². The normalized spacial score (nSPS) is 13.0. The topological polar surface area (TPSA) is 36.9 Å². The van der Waals surface area contributed by atoms with Gasteiger partial charge in [-0.1, -0.05) is 36.9 Å². The number of alkyl halides is 2. The van der Waals surface area contributed by atoms with Gasteiger partial charge in [-0.05, 0) is 19.8 Å². The molecule has 0 amide bonds. The van der Waals surface area contributed by atoms with Gasteiger partial charge >= 0.3 is 0 Å². The fourth-order valence-corrected chi connectivity index (χ4v) is 1.15. The van der Waals surface area contributed by atoms with Crippen LogP contribution >= 0.6 is 31.9 Å². The van der Waals surface area contributed by atoms with E-state index in [-0.39, 0.29) is 6.10 Å². The van der Waals surface area contributed by atoms with Crippen molar-refractivity contribution >= 4 is 31.9 Å². The van der Waals surface area contributed by atoms with Gasteiger partial charge in [0.05, 0.1) is 12.7 Å². The first-order chi connectivity index (χ1) is 7.31. The monoisotopic (exact) mass is 348 g/mol. The van der Waals surface area contributed by atoms with Gasteiger partial charge < -0.3 is 4.74 Å². The number of hydrogen-bond donors (Lipinski definition) is 0. The van der Waals surface area contributed by atoms with Crippen LogP contribution in [0, 0.1) is 0 Å². The Hall–Kier alpha value is 0.800. The average Bonchev–Trinajstić information content (AvgIpc) is 2.23. The molecular weight excluding hydrogens is 332 g/mol. The quantitative estimate of drug-likeness (QED) is 0.249. The Morgan fingerprint density at radius 1 is 1.00 bits per heavy atom. The summed E-state index contributed by atoms with van der Waals surface area (Å²) in [6, 6.07) is 0. The smallest absolute Gasteiger partial charge is 0.111 e. The molecule has 0 fully saturated rings. The Balaban J connectivity index is 3.06. The molecule has 0 radical (unpaired) electrons. The summed E-state index contributed by atoms with van der Waals surface area (Å²) in [5.41, 5.74) is 0. The lowest BCUT2D eigenvalue weighted by molar-refractivity contribution is -0.515. The molecular formula is C9H18Br2O4. The highest BCUT2D eigenvalue weighted by molar-refractivity contribution is 9.09. The number of halogens is 2. The molecule has 0 saturated heterocycles. The summed E-state index contributed by atoms with van der Waals surface area (Å²) in [6.45, 7) is 3.54. The molecule has 0 aliphatic heterocycles. The fourth-order valence-electron chi connectivity index (χ4n) is 0.692. The molecule has 0 aromatic carbocycles. The summed E-state index contributed by atoms with van der Waals surface area (Å²) >= 11 is 6.60. The Morgan fingerprint density at radius 2 is 1.67 bits per heavy atom. The van der Waals surface area contributed by atoms with E-state index >= 15 is 0 Å². The van der Waals surface area contributed by atoms with Gasteiger partial charge in [-0.2, -0.15) is 0 Å². The Bertz CT molecular complexity index is 127. The second-order valence-corrected chi connectivity index (χ2v) is 4.53. The third-order valence-electron chi connectivity index (χ3n) is 1.44. The molecule has 4 nitrogen and oxygen atoms in total. The van der Waals surface area contributed by atoms with Crippen molar-refractivity contribution in [3.63, 3.8) is 0 Å². The van der Waals surface area contributed by atoms with E-state index in [0.29, 0.717) is 13.2 Å². The second kappa shape index (κ2) is 12.9. The van der Waals surface area contributed by atoms with Gasteiger partial charge in [-0.25, -0.2) is 9.78 Å². The molecule has 0 saturated carbocycles. The first-order valence-electron chi connectivity index (χ1n) is 4.96. The zero-order chi connectivity index (χ0) is 11.4. The van der Waals surface area contributed by atoms with Gasteiger partial charge in [0.25, 0.3) is 0 Å². The molecule has 0 heterocycles. The molecule has 0 rings (SSSR count). The molecule has 0 N–H and O–H groups in total. The van der Waals surface area contributed by atoms with Gasteiger partial charge in [0, 0.05) is 17.3 Å². The molecule has 0 aromatic heterocycles. The zero-order valence-corrected chi connectivity index (χ0v) is 12.1. The van der Waals surface area contributed by atoms with Crippen LogP contribution in [0.4, 0.5) is 0 Å². The van der Waals surface area contributed by atoms with E-state index in [9.17, 15) is 0 Å². The minimum absolute atomic E-state index is 0.0174. The lowest BCUT2D eigenvalue weighted by Gasteiger charge is -2.11. The molecule has 1 atom stereocenters. The molecule has 0 bridgehead atoms. The Morgan fingerprint density at radius 3 is 2.33 bits per heavy atom. The highest BCUT2D eigenvalue weighted by Gasteiger charge is 2.02. The van der Waals surface area contributed by atoms with Gasteiger partial charge in [0.15, 0.2) is 0 Å². The Kier molecular flexibility index (Phi) is 13.6. The zero-order valence-electron chi connectivity index (χ0n) is 8.92. The molecule has 1 unspecified atom stereocenters. The third-order valence-corrected chi connectivity index (χ3v) is 2.56. The maximum atomic E-state index is 5.41. The van der Waals surface area contributed by atoms with Crippen molar-refractivity contribution in [3.05, 3.63) is 0 Å². The van der Waals surface area contributed by atoms with Crippen LogP contribution in [-0.2, 0) is 19.6 Å². The maximum Gasteiger partial charge on any atom is 0.111 e. The lowest BCUT2D eigenvalue weighted by atomic mass is 10.4. The summed E-state index contributed by atoms with van der Waals surface area (Å²) in [5.74, 6) is 0.